The van der Waals surface area contributed by atoms with Crippen LogP contribution in [0, 0.1) is 0 Å². The van der Waals surface area contributed by atoms with E-state index in [0.29, 0.717) is 5.69 Å². The lowest BCUT2D eigenvalue weighted by molar-refractivity contribution is 0.101. The SMILES string of the molecule is CCn1cccc1C(=O)Nc1nccnc1Cl. The number of aryl methyl sites for hydroxylation is 1. The van der Waals surface area contributed by atoms with Crippen LogP contribution in [-0.2, 0) is 6.54 Å². The Hall–Kier alpha value is -1.88. The van der Waals surface area contributed by atoms with Gasteiger partial charge in [0.25, 0.3) is 5.91 Å². The molecule has 1 amide bonds. The standard InChI is InChI=1S/C11H11ClN4O/c1-2-16-7-3-4-8(16)11(17)15-10-9(12)13-5-6-14-10/h3-7H,2H2,1H3,(H,14,15,17). The third-order valence-corrected chi connectivity index (χ3v) is 2.56. The second-order valence-electron chi connectivity index (χ2n) is 3.33. The zero-order valence-corrected chi connectivity index (χ0v) is 9.98. The molecule has 88 valence electrons. The van der Waals surface area contributed by atoms with Crippen LogP contribution in [0.2, 0.25) is 5.15 Å². The highest BCUT2D eigenvalue weighted by molar-refractivity contribution is 6.32. The molecule has 2 aromatic rings. The predicted octanol–water partition coefficient (Wildman–Crippen LogP) is 2.20. The monoisotopic (exact) mass is 250 g/mol. The zero-order chi connectivity index (χ0) is 12.3. The van der Waals surface area contributed by atoms with Crippen molar-refractivity contribution in [2.24, 2.45) is 0 Å². The molecule has 0 aromatic carbocycles. The number of amides is 1. The molecule has 1 N–H and O–H groups in total. The van der Waals surface area contributed by atoms with Gasteiger partial charge in [-0.1, -0.05) is 11.6 Å². The van der Waals surface area contributed by atoms with Gasteiger partial charge in [-0.3, -0.25) is 4.79 Å². The summed E-state index contributed by atoms with van der Waals surface area (Å²) in [4.78, 5) is 19.7. The lowest BCUT2D eigenvalue weighted by Crippen LogP contribution is -2.17. The molecular weight excluding hydrogens is 240 g/mol. The Labute approximate surface area is 103 Å². The number of rotatable bonds is 3. The molecule has 6 heteroatoms. The van der Waals surface area contributed by atoms with Crippen LogP contribution < -0.4 is 5.32 Å². The van der Waals surface area contributed by atoms with E-state index in [1.807, 2.05) is 23.8 Å². The minimum atomic E-state index is -0.251. The summed E-state index contributed by atoms with van der Waals surface area (Å²) < 4.78 is 1.83. The van der Waals surface area contributed by atoms with Crippen molar-refractivity contribution in [2.45, 2.75) is 13.5 Å². The summed E-state index contributed by atoms with van der Waals surface area (Å²) in [7, 11) is 0. The fraction of sp³-hybridized carbons (Fsp3) is 0.182. The fourth-order valence-corrected chi connectivity index (χ4v) is 1.62. The van der Waals surface area contributed by atoms with E-state index >= 15 is 0 Å². The number of nitrogens with zero attached hydrogens (tertiary/aromatic N) is 3. The number of anilines is 1. The first-order chi connectivity index (χ1) is 8.22. The normalized spacial score (nSPS) is 10.2. The summed E-state index contributed by atoms with van der Waals surface area (Å²) in [6, 6.07) is 3.56. The fourth-order valence-electron chi connectivity index (χ4n) is 1.47. The maximum Gasteiger partial charge on any atom is 0.273 e. The Morgan fingerprint density at radius 3 is 2.94 bits per heavy atom. The number of carbonyl (C=O) groups excluding carboxylic acids is 1. The van der Waals surface area contributed by atoms with Crippen molar-refractivity contribution in [3.05, 3.63) is 41.6 Å². The number of aromatic nitrogens is 3. The largest absolute Gasteiger partial charge is 0.344 e. The third-order valence-electron chi connectivity index (χ3n) is 2.29. The van der Waals surface area contributed by atoms with Gasteiger partial charge >= 0.3 is 0 Å². The molecule has 0 saturated carbocycles. The maximum absolute atomic E-state index is 11.9. The van der Waals surface area contributed by atoms with Gasteiger partial charge in [0, 0.05) is 25.1 Å². The van der Waals surface area contributed by atoms with Gasteiger partial charge < -0.3 is 9.88 Å². The predicted molar refractivity (Wildman–Crippen MR) is 65.1 cm³/mol. The van der Waals surface area contributed by atoms with Crippen LogP contribution in [0.1, 0.15) is 17.4 Å². The van der Waals surface area contributed by atoms with E-state index in [1.165, 1.54) is 12.4 Å². The molecule has 0 fully saturated rings. The number of halogens is 1. The summed E-state index contributed by atoms with van der Waals surface area (Å²) >= 11 is 5.81. The molecule has 0 spiro atoms. The quantitative estimate of drug-likeness (QED) is 0.909. The summed E-state index contributed by atoms with van der Waals surface area (Å²) in [6.45, 7) is 2.69. The van der Waals surface area contributed by atoms with Crippen molar-refractivity contribution in [3.63, 3.8) is 0 Å². The average Bonchev–Trinajstić information content (AvgIpc) is 2.80. The van der Waals surface area contributed by atoms with E-state index in [0.717, 1.165) is 6.54 Å². The Morgan fingerprint density at radius 2 is 2.24 bits per heavy atom. The molecule has 0 unspecified atom stereocenters. The van der Waals surface area contributed by atoms with Crippen LogP contribution in [0.25, 0.3) is 0 Å². The van der Waals surface area contributed by atoms with E-state index in [4.69, 9.17) is 11.6 Å². The van der Waals surface area contributed by atoms with E-state index in [2.05, 4.69) is 15.3 Å². The Bertz CT molecular complexity index is 538. The molecule has 0 saturated heterocycles. The minimum Gasteiger partial charge on any atom is -0.344 e. The number of nitrogens with one attached hydrogen (secondary N) is 1. The van der Waals surface area contributed by atoms with Crippen molar-refractivity contribution in [1.29, 1.82) is 0 Å². The molecule has 2 aromatic heterocycles. The summed E-state index contributed by atoms with van der Waals surface area (Å²) in [5, 5.41) is 2.80. The van der Waals surface area contributed by atoms with Gasteiger partial charge in [-0.15, -0.1) is 0 Å². The number of carbonyl (C=O) groups is 1. The Morgan fingerprint density at radius 1 is 1.47 bits per heavy atom. The molecule has 2 heterocycles. The second kappa shape index (κ2) is 4.97. The minimum absolute atomic E-state index is 0.176. The molecule has 17 heavy (non-hydrogen) atoms. The summed E-state index contributed by atoms with van der Waals surface area (Å²) in [5.41, 5.74) is 0.564. The first-order valence-electron chi connectivity index (χ1n) is 5.15. The molecule has 0 aliphatic rings. The average molecular weight is 251 g/mol. The van der Waals surface area contributed by atoms with Crippen molar-refractivity contribution < 1.29 is 4.79 Å². The van der Waals surface area contributed by atoms with Crippen molar-refractivity contribution in [2.75, 3.05) is 5.32 Å². The maximum atomic E-state index is 11.9. The highest BCUT2D eigenvalue weighted by Gasteiger charge is 2.12. The van der Waals surface area contributed by atoms with Gasteiger partial charge in [-0.05, 0) is 19.1 Å². The van der Waals surface area contributed by atoms with Crippen LogP contribution in [-0.4, -0.2) is 20.4 Å². The Kier molecular flexibility index (Phi) is 3.39. The van der Waals surface area contributed by atoms with Crippen LogP contribution >= 0.6 is 11.6 Å². The lowest BCUT2D eigenvalue weighted by Gasteiger charge is -2.07. The van der Waals surface area contributed by atoms with Crippen LogP contribution in [0.5, 0.6) is 0 Å². The molecule has 0 aliphatic heterocycles. The van der Waals surface area contributed by atoms with Gasteiger partial charge in [-0.2, -0.15) is 0 Å². The van der Waals surface area contributed by atoms with E-state index in [-0.39, 0.29) is 16.9 Å². The molecular formula is C11H11ClN4O. The van der Waals surface area contributed by atoms with Crippen molar-refractivity contribution in [3.8, 4) is 0 Å². The highest BCUT2D eigenvalue weighted by atomic mass is 35.5. The third kappa shape index (κ3) is 2.45. The van der Waals surface area contributed by atoms with E-state index < -0.39 is 0 Å². The summed E-state index contributed by atoms with van der Waals surface area (Å²) in [6.07, 6.45) is 4.78. The molecule has 5 nitrogen and oxygen atoms in total. The second-order valence-corrected chi connectivity index (χ2v) is 3.69. The first kappa shape index (κ1) is 11.6. The molecule has 0 bridgehead atoms. The smallest absolute Gasteiger partial charge is 0.273 e. The Balaban J connectivity index is 2.20. The first-order valence-corrected chi connectivity index (χ1v) is 5.53. The zero-order valence-electron chi connectivity index (χ0n) is 9.22. The van der Waals surface area contributed by atoms with Gasteiger partial charge in [0.2, 0.25) is 0 Å². The van der Waals surface area contributed by atoms with Gasteiger partial charge in [0.15, 0.2) is 11.0 Å². The van der Waals surface area contributed by atoms with Gasteiger partial charge in [-0.25, -0.2) is 9.97 Å². The van der Waals surface area contributed by atoms with Crippen molar-refractivity contribution in [1.82, 2.24) is 14.5 Å². The number of hydrogen-bond acceptors (Lipinski definition) is 3. The highest BCUT2D eigenvalue weighted by Crippen LogP contribution is 2.15. The van der Waals surface area contributed by atoms with E-state index in [9.17, 15) is 4.79 Å². The summed E-state index contributed by atoms with van der Waals surface area (Å²) in [5.74, 6) is 0.0160. The molecule has 0 atom stereocenters. The lowest BCUT2D eigenvalue weighted by atomic mass is 10.4. The van der Waals surface area contributed by atoms with Gasteiger partial charge in [0.05, 0.1) is 0 Å². The van der Waals surface area contributed by atoms with Gasteiger partial charge in [0.1, 0.15) is 5.69 Å². The van der Waals surface area contributed by atoms with E-state index in [1.54, 1.807) is 6.07 Å². The molecule has 2 rings (SSSR count). The topological polar surface area (TPSA) is 59.8 Å². The van der Waals surface area contributed by atoms with Crippen LogP contribution in [0.15, 0.2) is 30.7 Å². The molecule has 0 radical (unpaired) electrons. The van der Waals surface area contributed by atoms with Crippen LogP contribution in [0.4, 0.5) is 5.82 Å². The molecule has 0 aliphatic carbocycles. The van der Waals surface area contributed by atoms with Crippen LogP contribution in [0.3, 0.4) is 0 Å². The van der Waals surface area contributed by atoms with Crippen molar-refractivity contribution >= 4 is 23.3 Å². The number of hydrogen-bond donors (Lipinski definition) is 1.